The van der Waals surface area contributed by atoms with Crippen molar-refractivity contribution < 1.29 is 9.84 Å². The highest BCUT2D eigenvalue weighted by Gasteiger charge is 2.31. The van der Waals surface area contributed by atoms with E-state index in [1.165, 1.54) is 18.3 Å². The number of nitrogens with two attached hydrogens (primary N) is 1. The standard InChI is InChI=1S/C10H13N5O2S/c11-9-8-10(13-4-12-9)18-15(5-14-8)7-2-1-6(3-16)17-7/h4-7,16H,1-3H2,(H2,11,12,13). The molecule has 1 saturated heterocycles. The molecule has 0 spiro atoms. The fourth-order valence-corrected chi connectivity index (χ4v) is 2.85. The van der Waals surface area contributed by atoms with Gasteiger partial charge in [-0.05, 0) is 12.8 Å². The van der Waals surface area contributed by atoms with Gasteiger partial charge in [-0.3, -0.25) is 4.31 Å². The summed E-state index contributed by atoms with van der Waals surface area (Å²) in [6.45, 7) is 0.0534. The van der Waals surface area contributed by atoms with Crippen LogP contribution < -0.4 is 5.73 Å². The molecule has 2 aliphatic heterocycles. The molecule has 3 rings (SSSR count). The van der Waals surface area contributed by atoms with Crippen LogP contribution in [0.4, 0.5) is 11.5 Å². The van der Waals surface area contributed by atoms with Crippen LogP contribution >= 0.6 is 11.9 Å². The number of anilines is 1. The molecule has 96 valence electrons. The summed E-state index contributed by atoms with van der Waals surface area (Å²) in [6, 6.07) is 0. The third kappa shape index (κ3) is 2.02. The SMILES string of the molecule is Nc1ncnc2c1N=CN(C1CCC(CO)O1)S2. The van der Waals surface area contributed by atoms with Crippen molar-refractivity contribution >= 4 is 29.8 Å². The summed E-state index contributed by atoms with van der Waals surface area (Å²) in [4.78, 5) is 12.3. The van der Waals surface area contributed by atoms with Crippen LogP contribution in [-0.2, 0) is 4.74 Å². The van der Waals surface area contributed by atoms with Crippen LogP contribution in [0.3, 0.4) is 0 Å². The van der Waals surface area contributed by atoms with Gasteiger partial charge in [0.25, 0.3) is 0 Å². The van der Waals surface area contributed by atoms with E-state index in [1.54, 1.807) is 6.34 Å². The Balaban J connectivity index is 1.76. The second kappa shape index (κ2) is 4.71. The van der Waals surface area contributed by atoms with Gasteiger partial charge in [-0.1, -0.05) is 0 Å². The summed E-state index contributed by atoms with van der Waals surface area (Å²) in [6.07, 6.45) is 4.65. The lowest BCUT2D eigenvalue weighted by molar-refractivity contribution is -0.0160. The van der Waals surface area contributed by atoms with Gasteiger partial charge in [-0.25, -0.2) is 15.0 Å². The van der Waals surface area contributed by atoms with Crippen molar-refractivity contribution in [2.45, 2.75) is 30.2 Å². The van der Waals surface area contributed by atoms with Gasteiger partial charge in [0.1, 0.15) is 29.6 Å². The Morgan fingerprint density at radius 3 is 3.17 bits per heavy atom. The molecule has 0 aliphatic carbocycles. The lowest BCUT2D eigenvalue weighted by Crippen LogP contribution is -2.30. The van der Waals surface area contributed by atoms with E-state index in [2.05, 4.69) is 15.0 Å². The van der Waals surface area contributed by atoms with Crippen LogP contribution in [0, 0.1) is 0 Å². The van der Waals surface area contributed by atoms with Crippen molar-refractivity contribution in [3.05, 3.63) is 6.33 Å². The summed E-state index contributed by atoms with van der Waals surface area (Å²) in [5, 5.41) is 9.78. The zero-order chi connectivity index (χ0) is 12.5. The molecule has 1 fully saturated rings. The average Bonchev–Trinajstić information content (AvgIpc) is 2.87. The number of hydrogen-bond acceptors (Lipinski definition) is 8. The molecule has 0 aromatic carbocycles. The van der Waals surface area contributed by atoms with Crippen LogP contribution in [0.5, 0.6) is 0 Å². The Hall–Kier alpha value is -1.38. The molecule has 0 saturated carbocycles. The van der Waals surface area contributed by atoms with Gasteiger partial charge >= 0.3 is 0 Å². The van der Waals surface area contributed by atoms with E-state index in [-0.39, 0.29) is 18.9 Å². The first-order chi connectivity index (χ1) is 8.78. The van der Waals surface area contributed by atoms with Gasteiger partial charge in [0, 0.05) is 11.9 Å². The predicted molar refractivity (Wildman–Crippen MR) is 67.3 cm³/mol. The van der Waals surface area contributed by atoms with Crippen molar-refractivity contribution in [3.8, 4) is 0 Å². The molecule has 7 nitrogen and oxygen atoms in total. The minimum atomic E-state index is -0.0831. The lowest BCUT2D eigenvalue weighted by atomic mass is 10.2. The third-order valence-electron chi connectivity index (χ3n) is 2.88. The molecule has 0 bridgehead atoms. The Morgan fingerprint density at radius 2 is 2.39 bits per heavy atom. The van der Waals surface area contributed by atoms with Gasteiger partial charge < -0.3 is 15.6 Å². The summed E-state index contributed by atoms with van der Waals surface area (Å²) >= 11 is 1.43. The quantitative estimate of drug-likeness (QED) is 0.596. The van der Waals surface area contributed by atoms with Crippen LogP contribution in [0.1, 0.15) is 12.8 Å². The van der Waals surface area contributed by atoms with Crippen LogP contribution in [0.15, 0.2) is 16.3 Å². The van der Waals surface area contributed by atoms with Gasteiger partial charge in [0.05, 0.1) is 12.7 Å². The monoisotopic (exact) mass is 267 g/mol. The van der Waals surface area contributed by atoms with Gasteiger partial charge in [0.2, 0.25) is 0 Å². The topological polar surface area (TPSA) is 96.9 Å². The second-order valence-electron chi connectivity index (χ2n) is 4.08. The van der Waals surface area contributed by atoms with Crippen molar-refractivity contribution in [1.82, 2.24) is 14.3 Å². The fraction of sp³-hybridized carbons (Fsp3) is 0.500. The van der Waals surface area contributed by atoms with Gasteiger partial charge in [-0.15, -0.1) is 0 Å². The number of hydrogen-bond donors (Lipinski definition) is 2. The second-order valence-corrected chi connectivity index (χ2v) is 5.07. The Labute approximate surface area is 108 Å². The van der Waals surface area contributed by atoms with Crippen molar-refractivity contribution in [3.63, 3.8) is 0 Å². The molecule has 2 atom stereocenters. The van der Waals surface area contributed by atoms with Crippen LogP contribution in [0.2, 0.25) is 0 Å². The highest BCUT2D eigenvalue weighted by Crippen LogP contribution is 2.39. The summed E-state index contributed by atoms with van der Waals surface area (Å²) in [5.41, 5.74) is 6.33. The smallest absolute Gasteiger partial charge is 0.154 e. The first-order valence-electron chi connectivity index (χ1n) is 5.65. The fourth-order valence-electron chi connectivity index (χ4n) is 1.94. The van der Waals surface area contributed by atoms with Crippen LogP contribution in [0.25, 0.3) is 0 Å². The molecular formula is C10H13N5O2S. The Bertz CT molecular complexity index is 483. The highest BCUT2D eigenvalue weighted by atomic mass is 32.2. The Kier molecular flexibility index (Phi) is 3.06. The molecule has 2 unspecified atom stereocenters. The largest absolute Gasteiger partial charge is 0.394 e. The van der Waals surface area contributed by atoms with Crippen molar-refractivity contribution in [2.24, 2.45) is 4.99 Å². The van der Waals surface area contributed by atoms with E-state index >= 15 is 0 Å². The first kappa shape index (κ1) is 11.7. The number of aromatic nitrogens is 2. The number of aliphatic hydroxyl groups is 1. The predicted octanol–water partition coefficient (Wildman–Crippen LogP) is 0.539. The molecule has 0 radical (unpaired) electrons. The minimum absolute atomic E-state index is 0.0534. The van der Waals surface area contributed by atoms with E-state index in [4.69, 9.17) is 15.6 Å². The van der Waals surface area contributed by atoms with Crippen molar-refractivity contribution in [2.75, 3.05) is 12.3 Å². The zero-order valence-electron chi connectivity index (χ0n) is 9.56. The summed E-state index contributed by atoms with van der Waals surface area (Å²) < 4.78 is 7.58. The first-order valence-corrected chi connectivity index (χ1v) is 6.42. The molecule has 8 heteroatoms. The summed E-state index contributed by atoms with van der Waals surface area (Å²) in [7, 11) is 0. The molecule has 1 aromatic heterocycles. The molecule has 1 aromatic rings. The molecule has 2 aliphatic rings. The number of ether oxygens (including phenoxy) is 1. The summed E-state index contributed by atoms with van der Waals surface area (Å²) in [5.74, 6) is 0.379. The minimum Gasteiger partial charge on any atom is -0.394 e. The number of rotatable bonds is 2. The van der Waals surface area contributed by atoms with E-state index in [0.29, 0.717) is 11.5 Å². The maximum Gasteiger partial charge on any atom is 0.154 e. The number of aliphatic hydroxyl groups excluding tert-OH is 1. The number of fused-ring (bicyclic) bond motifs is 1. The molecule has 0 amide bonds. The van der Waals surface area contributed by atoms with Crippen molar-refractivity contribution in [1.29, 1.82) is 0 Å². The normalized spacial score (nSPS) is 26.4. The van der Waals surface area contributed by atoms with E-state index in [0.717, 1.165) is 17.9 Å². The molecular weight excluding hydrogens is 254 g/mol. The average molecular weight is 267 g/mol. The van der Waals surface area contributed by atoms with E-state index < -0.39 is 0 Å². The van der Waals surface area contributed by atoms with Gasteiger partial charge in [-0.2, -0.15) is 0 Å². The lowest BCUT2D eigenvalue weighted by Gasteiger charge is -2.27. The van der Waals surface area contributed by atoms with Crippen LogP contribution in [-0.4, -0.2) is 44.7 Å². The zero-order valence-corrected chi connectivity index (χ0v) is 10.4. The van der Waals surface area contributed by atoms with E-state index in [1.807, 2.05) is 4.31 Å². The molecule has 3 heterocycles. The highest BCUT2D eigenvalue weighted by molar-refractivity contribution is 7.97. The van der Waals surface area contributed by atoms with Gasteiger partial charge in [0.15, 0.2) is 5.82 Å². The maximum absolute atomic E-state index is 9.06. The number of aliphatic imine (C=N–C) groups is 1. The third-order valence-corrected chi connectivity index (χ3v) is 3.89. The Morgan fingerprint density at radius 1 is 1.50 bits per heavy atom. The molecule has 18 heavy (non-hydrogen) atoms. The van der Waals surface area contributed by atoms with E-state index in [9.17, 15) is 0 Å². The number of nitrogens with zero attached hydrogens (tertiary/aromatic N) is 4. The molecule has 3 N–H and O–H groups in total. The number of nitrogen functional groups attached to an aromatic ring is 1. The maximum atomic E-state index is 9.06.